The number of benzene rings is 1. The first-order valence-electron chi connectivity index (χ1n) is 9.34. The zero-order chi connectivity index (χ0) is 17.9. The van der Waals surface area contributed by atoms with Gasteiger partial charge >= 0.3 is 0 Å². The van der Waals surface area contributed by atoms with E-state index in [4.69, 9.17) is 0 Å². The van der Waals surface area contributed by atoms with Gasteiger partial charge in [0.05, 0.1) is 12.4 Å². The molecule has 1 aromatic carbocycles. The summed E-state index contributed by atoms with van der Waals surface area (Å²) in [5.74, 6) is 0.460. The number of fused-ring (bicyclic) bond motifs is 1. The van der Waals surface area contributed by atoms with E-state index in [0.29, 0.717) is 13.1 Å². The number of hydrogen-bond acceptors (Lipinski definition) is 4. The average Bonchev–Trinajstić information content (AvgIpc) is 2.98. The van der Waals surface area contributed by atoms with Gasteiger partial charge in [-0.2, -0.15) is 0 Å². The van der Waals surface area contributed by atoms with Crippen molar-refractivity contribution in [3.63, 3.8) is 0 Å². The van der Waals surface area contributed by atoms with E-state index in [-0.39, 0.29) is 23.7 Å². The molecule has 2 fully saturated rings. The maximum Gasteiger partial charge on any atom is 0.214 e. The second kappa shape index (κ2) is 7.74. The van der Waals surface area contributed by atoms with Gasteiger partial charge in [0.25, 0.3) is 0 Å². The van der Waals surface area contributed by atoms with Gasteiger partial charge in [0, 0.05) is 38.1 Å². The lowest BCUT2D eigenvalue weighted by molar-refractivity contribution is 0.0436. The number of nitrogens with zero attached hydrogens (tertiary/aromatic N) is 2. The van der Waals surface area contributed by atoms with Crippen LogP contribution in [-0.2, 0) is 16.6 Å². The molecule has 0 radical (unpaired) electrons. The Morgan fingerprint density at radius 3 is 2.68 bits per heavy atom. The second-order valence-corrected chi connectivity index (χ2v) is 9.74. The van der Waals surface area contributed by atoms with E-state index in [9.17, 15) is 13.5 Å². The molecule has 3 rings (SSSR count). The van der Waals surface area contributed by atoms with E-state index < -0.39 is 10.0 Å². The maximum atomic E-state index is 12.5. The molecular formula is C19H30N2O3S. The zero-order valence-corrected chi connectivity index (χ0v) is 15.9. The second-order valence-electron chi connectivity index (χ2n) is 7.65. The number of aliphatic hydroxyl groups excluding tert-OH is 1. The van der Waals surface area contributed by atoms with Gasteiger partial charge in [-0.25, -0.2) is 12.7 Å². The van der Waals surface area contributed by atoms with Crippen LogP contribution in [0.5, 0.6) is 0 Å². The summed E-state index contributed by atoms with van der Waals surface area (Å²) < 4.78 is 26.8. The third-order valence-corrected chi connectivity index (χ3v) is 7.80. The van der Waals surface area contributed by atoms with E-state index in [1.54, 1.807) is 4.31 Å². The summed E-state index contributed by atoms with van der Waals surface area (Å²) in [7, 11) is -3.16. The number of unbranched alkanes of at least 4 members (excludes halogenated alkanes) is 1. The van der Waals surface area contributed by atoms with Gasteiger partial charge < -0.3 is 5.11 Å². The Bertz CT molecular complexity index is 665. The molecule has 2 saturated heterocycles. The lowest BCUT2D eigenvalue weighted by Crippen LogP contribution is -2.51. The standard InChI is InChI=1S/C19H30N2O3S/c1-2-3-11-25(23,24)21-10-9-19(16-22)15-20(13-18(19)14-21)12-17-7-5-4-6-8-17/h4-8,18,22H,2-3,9-16H2,1H3/t18-,19-/m0/s1. The van der Waals surface area contributed by atoms with Gasteiger partial charge in [0.15, 0.2) is 0 Å². The Morgan fingerprint density at radius 2 is 2.00 bits per heavy atom. The van der Waals surface area contributed by atoms with Crippen molar-refractivity contribution in [1.82, 2.24) is 9.21 Å². The Hall–Kier alpha value is -0.950. The molecule has 0 unspecified atom stereocenters. The SMILES string of the molecule is CCCCS(=O)(=O)N1CC[C@@]2(CO)CN(Cc3ccccc3)C[C@H]2C1. The third-order valence-electron chi connectivity index (χ3n) is 5.88. The topological polar surface area (TPSA) is 60.9 Å². The smallest absolute Gasteiger partial charge is 0.214 e. The Balaban J connectivity index is 1.68. The zero-order valence-electron chi connectivity index (χ0n) is 15.1. The van der Waals surface area contributed by atoms with Crippen LogP contribution >= 0.6 is 0 Å². The van der Waals surface area contributed by atoms with Crippen molar-refractivity contribution in [3.05, 3.63) is 35.9 Å². The lowest BCUT2D eigenvalue weighted by Gasteiger charge is -2.41. The van der Waals surface area contributed by atoms with Crippen LogP contribution in [0.1, 0.15) is 31.7 Å². The van der Waals surface area contributed by atoms with Gasteiger partial charge in [0.2, 0.25) is 10.0 Å². The maximum absolute atomic E-state index is 12.5. The van der Waals surface area contributed by atoms with Crippen molar-refractivity contribution in [2.45, 2.75) is 32.7 Å². The van der Waals surface area contributed by atoms with Gasteiger partial charge in [-0.1, -0.05) is 43.7 Å². The molecule has 2 heterocycles. The first kappa shape index (κ1) is 18.8. The highest BCUT2D eigenvalue weighted by Crippen LogP contribution is 2.43. The van der Waals surface area contributed by atoms with Crippen molar-refractivity contribution < 1.29 is 13.5 Å². The summed E-state index contributed by atoms with van der Waals surface area (Å²) in [4.78, 5) is 2.37. The van der Waals surface area contributed by atoms with Crippen LogP contribution in [-0.4, -0.2) is 61.3 Å². The predicted octanol–water partition coefficient (Wildman–Crippen LogP) is 1.93. The van der Waals surface area contributed by atoms with Crippen LogP contribution in [0, 0.1) is 11.3 Å². The molecule has 0 bridgehead atoms. The molecule has 1 N–H and O–H groups in total. The molecule has 5 nitrogen and oxygen atoms in total. The fraction of sp³-hybridized carbons (Fsp3) is 0.684. The highest BCUT2D eigenvalue weighted by atomic mass is 32.2. The van der Waals surface area contributed by atoms with Crippen molar-refractivity contribution in [1.29, 1.82) is 0 Å². The van der Waals surface area contributed by atoms with E-state index in [0.717, 1.165) is 38.9 Å². The fourth-order valence-corrected chi connectivity index (χ4v) is 5.98. The van der Waals surface area contributed by atoms with E-state index in [1.165, 1.54) is 5.56 Å². The predicted molar refractivity (Wildman–Crippen MR) is 99.6 cm³/mol. The van der Waals surface area contributed by atoms with E-state index in [2.05, 4.69) is 17.0 Å². The van der Waals surface area contributed by atoms with Crippen molar-refractivity contribution in [3.8, 4) is 0 Å². The van der Waals surface area contributed by atoms with Crippen molar-refractivity contribution in [2.24, 2.45) is 11.3 Å². The number of hydrogen-bond donors (Lipinski definition) is 1. The molecule has 2 aliphatic heterocycles. The molecular weight excluding hydrogens is 336 g/mol. The molecule has 0 aromatic heterocycles. The molecule has 6 heteroatoms. The first-order valence-corrected chi connectivity index (χ1v) is 10.9. The number of likely N-dealkylation sites (tertiary alicyclic amines) is 1. The molecule has 140 valence electrons. The van der Waals surface area contributed by atoms with Gasteiger partial charge in [-0.3, -0.25) is 4.90 Å². The summed E-state index contributed by atoms with van der Waals surface area (Å²) in [5, 5.41) is 10.1. The minimum absolute atomic E-state index is 0.145. The van der Waals surface area contributed by atoms with Gasteiger partial charge in [-0.15, -0.1) is 0 Å². The largest absolute Gasteiger partial charge is 0.396 e. The van der Waals surface area contributed by atoms with E-state index >= 15 is 0 Å². The van der Waals surface area contributed by atoms with Crippen LogP contribution in [0.4, 0.5) is 0 Å². The Labute approximate surface area is 151 Å². The van der Waals surface area contributed by atoms with Gasteiger partial charge in [0.1, 0.15) is 0 Å². The van der Waals surface area contributed by atoms with Crippen LogP contribution in [0.3, 0.4) is 0 Å². The van der Waals surface area contributed by atoms with Crippen molar-refractivity contribution >= 4 is 10.0 Å². The molecule has 1 aromatic rings. The molecule has 2 atom stereocenters. The number of piperidine rings is 1. The Morgan fingerprint density at radius 1 is 1.24 bits per heavy atom. The summed E-state index contributed by atoms with van der Waals surface area (Å²) in [6, 6.07) is 10.3. The molecule has 25 heavy (non-hydrogen) atoms. The molecule has 0 amide bonds. The number of sulfonamides is 1. The third kappa shape index (κ3) is 4.08. The highest BCUT2D eigenvalue weighted by Gasteiger charge is 2.50. The minimum Gasteiger partial charge on any atom is -0.396 e. The quantitative estimate of drug-likeness (QED) is 0.801. The van der Waals surface area contributed by atoms with E-state index in [1.807, 2.05) is 25.1 Å². The first-order chi connectivity index (χ1) is 12.0. The normalized spacial score (nSPS) is 28.2. The minimum atomic E-state index is -3.16. The van der Waals surface area contributed by atoms with Crippen LogP contribution in [0.2, 0.25) is 0 Å². The lowest BCUT2D eigenvalue weighted by atomic mass is 9.74. The fourth-order valence-electron chi connectivity index (χ4n) is 4.29. The molecule has 0 spiro atoms. The van der Waals surface area contributed by atoms with Crippen LogP contribution in [0.15, 0.2) is 30.3 Å². The van der Waals surface area contributed by atoms with Crippen molar-refractivity contribution in [2.75, 3.05) is 38.5 Å². The average molecular weight is 367 g/mol. The molecule has 0 saturated carbocycles. The molecule has 0 aliphatic carbocycles. The number of rotatable bonds is 7. The monoisotopic (exact) mass is 366 g/mol. The number of aliphatic hydroxyl groups is 1. The summed E-state index contributed by atoms with van der Waals surface area (Å²) >= 11 is 0. The summed E-state index contributed by atoms with van der Waals surface area (Å²) in [6.07, 6.45) is 2.36. The molecule has 2 aliphatic rings. The summed E-state index contributed by atoms with van der Waals surface area (Å²) in [5.41, 5.74) is 1.12. The van der Waals surface area contributed by atoms with Gasteiger partial charge in [-0.05, 0) is 24.3 Å². The van der Waals surface area contributed by atoms with Crippen LogP contribution in [0.25, 0.3) is 0 Å². The Kier molecular flexibility index (Phi) is 5.83. The summed E-state index contributed by atoms with van der Waals surface area (Å²) in [6.45, 7) is 5.83. The van der Waals surface area contributed by atoms with Crippen LogP contribution < -0.4 is 0 Å². The highest BCUT2D eigenvalue weighted by molar-refractivity contribution is 7.89.